The number of nitrogens with one attached hydrogen (secondary N) is 2. The fourth-order valence-corrected chi connectivity index (χ4v) is 11.8. The molecule has 2 aliphatic rings. The van der Waals surface area contributed by atoms with Crippen LogP contribution >= 0.6 is 0 Å². The van der Waals surface area contributed by atoms with Gasteiger partial charge < -0.3 is 20.2 Å². The number of H-pyrrole nitrogens is 2. The Kier molecular flexibility index (Phi) is 21.0. The quantitative estimate of drug-likeness (QED) is 0.0297. The van der Waals surface area contributed by atoms with Crippen molar-refractivity contribution in [2.45, 2.75) is 206 Å². The van der Waals surface area contributed by atoms with E-state index >= 15 is 0 Å². The van der Waals surface area contributed by atoms with Gasteiger partial charge in [-0.25, -0.2) is 29.9 Å². The number of hydrogen-bond donors (Lipinski definition) is 4. The highest BCUT2D eigenvalue weighted by Gasteiger charge is 2.25. The van der Waals surface area contributed by atoms with Crippen LogP contribution < -0.4 is 0 Å². The van der Waals surface area contributed by atoms with Crippen molar-refractivity contribution in [2.24, 2.45) is 0 Å². The van der Waals surface area contributed by atoms with Gasteiger partial charge in [0.2, 0.25) is 0 Å². The van der Waals surface area contributed by atoms with Crippen molar-refractivity contribution in [3.63, 3.8) is 0 Å². The molecule has 0 unspecified atom stereocenters. The first-order valence-corrected chi connectivity index (χ1v) is 30.1. The fourth-order valence-electron chi connectivity index (χ4n) is 11.8. The number of hydrogen-bond acceptors (Lipinski definition) is 8. The number of nitrogens with zero attached hydrogens (tertiary/aromatic N) is 6. The van der Waals surface area contributed by atoms with Gasteiger partial charge in [-0.3, -0.25) is 0 Å². The average molecular weight is 1020 g/mol. The standard InChI is InChI=1S/C66H86N8O2/c1-2-3-4-5-6-7-8-9-10-11-12-15-20-25-35-48-38-34-43-55-56(48)64-72-63(55)70-61-52-40-29-28-39-51(52)59(68-61)67-60-53-41-30-31-42-54(53)62(69-60)71-65-57-49(36-26-21-16-13-18-23-32-46-75)44-45-50(58(57)66(73-64)74-65)37-27-22-17-14-19-24-33-47-76/h28-31,34,38-45,75-76H,2-27,32-33,35-37,46-47H2,1H3,(H2,67,68,69,70,71,72,73,74). The number of rotatable bonds is 33. The Bertz CT molecular complexity index is 3120. The highest BCUT2D eigenvalue weighted by molar-refractivity contribution is 6.09. The lowest BCUT2D eigenvalue weighted by Crippen LogP contribution is -1.94. The molecular weight excluding hydrogens is 937 g/mol. The van der Waals surface area contributed by atoms with Gasteiger partial charge in [-0.2, -0.15) is 0 Å². The zero-order valence-electron chi connectivity index (χ0n) is 45.9. The molecule has 0 saturated heterocycles. The molecule has 402 valence electrons. The topological polar surface area (TPSA) is 149 Å². The molecule has 7 aromatic rings. The number of aliphatic hydroxyl groups is 2. The maximum absolute atomic E-state index is 9.32. The summed E-state index contributed by atoms with van der Waals surface area (Å²) in [4.78, 5) is 40.0. The third kappa shape index (κ3) is 14.2. The second-order valence-electron chi connectivity index (χ2n) is 21.9. The van der Waals surface area contributed by atoms with E-state index in [0.717, 1.165) is 132 Å². The van der Waals surface area contributed by atoms with Crippen molar-refractivity contribution in [2.75, 3.05) is 13.2 Å². The molecule has 5 heterocycles. The highest BCUT2D eigenvalue weighted by Crippen LogP contribution is 2.40. The largest absolute Gasteiger partial charge is 0.396 e. The van der Waals surface area contributed by atoms with Gasteiger partial charge in [-0.15, -0.1) is 0 Å². The van der Waals surface area contributed by atoms with Crippen LogP contribution in [-0.4, -0.2) is 63.3 Å². The van der Waals surface area contributed by atoms with Gasteiger partial charge in [-0.1, -0.05) is 233 Å². The van der Waals surface area contributed by atoms with Gasteiger partial charge in [0.15, 0.2) is 23.3 Å². The minimum absolute atomic E-state index is 0.280. The zero-order valence-corrected chi connectivity index (χ0v) is 45.9. The summed E-state index contributed by atoms with van der Waals surface area (Å²) in [6, 6.07) is 28.0. The second-order valence-corrected chi connectivity index (χ2v) is 21.9. The minimum Gasteiger partial charge on any atom is -0.396 e. The smallest absolute Gasteiger partial charge is 0.165 e. The molecular formula is C66H86N8O2. The van der Waals surface area contributed by atoms with Crippen LogP contribution in [0.4, 0.5) is 0 Å². The summed E-state index contributed by atoms with van der Waals surface area (Å²) in [6.45, 7) is 2.86. The Morgan fingerprint density at radius 1 is 0.316 bits per heavy atom. The summed E-state index contributed by atoms with van der Waals surface area (Å²) in [5.74, 6) is 2.59. The van der Waals surface area contributed by atoms with E-state index < -0.39 is 0 Å². The van der Waals surface area contributed by atoms with Crippen LogP contribution in [0.2, 0.25) is 0 Å². The van der Waals surface area contributed by atoms with E-state index in [1.807, 2.05) is 6.07 Å². The Hall–Kier alpha value is -5.84. The van der Waals surface area contributed by atoms with Crippen LogP contribution in [0.5, 0.6) is 0 Å². The molecule has 10 heteroatoms. The van der Waals surface area contributed by atoms with E-state index in [4.69, 9.17) is 29.9 Å². The van der Waals surface area contributed by atoms with E-state index in [0.29, 0.717) is 34.6 Å². The molecule has 2 aliphatic heterocycles. The molecule has 8 bridgehead atoms. The number of aromatic nitrogens is 8. The predicted molar refractivity (Wildman–Crippen MR) is 316 cm³/mol. The number of aromatic amines is 2. The summed E-state index contributed by atoms with van der Waals surface area (Å²) < 4.78 is 0. The first-order valence-electron chi connectivity index (χ1n) is 30.1. The molecule has 0 amide bonds. The van der Waals surface area contributed by atoms with E-state index in [1.165, 1.54) is 139 Å². The Morgan fingerprint density at radius 2 is 0.671 bits per heavy atom. The van der Waals surface area contributed by atoms with Gasteiger partial charge in [-0.05, 0) is 68.1 Å². The number of fused-ring (bicyclic) bond motifs is 20. The van der Waals surface area contributed by atoms with Gasteiger partial charge >= 0.3 is 0 Å². The lowest BCUT2D eigenvalue weighted by Gasteiger charge is -2.10. The van der Waals surface area contributed by atoms with Gasteiger partial charge in [0, 0.05) is 57.0 Å². The van der Waals surface area contributed by atoms with Crippen molar-refractivity contribution in [3.8, 4) is 45.6 Å². The molecule has 3 aromatic heterocycles. The molecule has 0 fully saturated rings. The molecule has 9 rings (SSSR count). The normalized spacial score (nSPS) is 12.0. The minimum atomic E-state index is 0.280. The lowest BCUT2D eigenvalue weighted by atomic mass is 9.95. The van der Waals surface area contributed by atoms with E-state index in [-0.39, 0.29) is 13.2 Å². The molecule has 76 heavy (non-hydrogen) atoms. The zero-order chi connectivity index (χ0) is 52.2. The Morgan fingerprint density at radius 3 is 1.14 bits per heavy atom. The van der Waals surface area contributed by atoms with Gasteiger partial charge in [0.1, 0.15) is 22.6 Å². The molecule has 10 nitrogen and oxygen atoms in total. The van der Waals surface area contributed by atoms with Crippen LogP contribution in [-0.2, 0) is 19.3 Å². The van der Waals surface area contributed by atoms with Crippen LogP contribution in [0.15, 0.2) is 78.9 Å². The molecule has 0 aliphatic carbocycles. The summed E-state index contributed by atoms with van der Waals surface area (Å²) in [6.07, 6.45) is 37.1. The second kappa shape index (κ2) is 29.1. The summed E-state index contributed by atoms with van der Waals surface area (Å²) in [7, 11) is 0. The van der Waals surface area contributed by atoms with E-state index in [1.54, 1.807) is 0 Å². The first-order chi connectivity index (χ1) is 37.6. The maximum atomic E-state index is 9.32. The van der Waals surface area contributed by atoms with Crippen LogP contribution in [0.3, 0.4) is 0 Å². The summed E-state index contributed by atoms with van der Waals surface area (Å²) in [5, 5.41) is 22.8. The highest BCUT2D eigenvalue weighted by atomic mass is 16.3. The van der Waals surface area contributed by atoms with Gasteiger partial charge in [0.05, 0.1) is 0 Å². The van der Waals surface area contributed by atoms with Crippen molar-refractivity contribution in [1.29, 1.82) is 0 Å². The Labute approximate surface area is 452 Å². The SMILES string of the molecule is CCCCCCCCCCCCCCCCc1cccc2c1-c1nc-2nc2[nH]c(nc3nc(nc4[nH]c(n1)c1c(CCCCCCCCCO)ccc(CCCCCCCCCO)c41)-c1ccccc1-3)c1ccccc21. The number of aliphatic hydroxyl groups excluding tert-OH is 2. The number of aryl methyl sites for hydroxylation is 3. The average Bonchev–Trinajstić information content (AvgIpc) is 4.23. The molecule has 4 N–H and O–H groups in total. The first kappa shape index (κ1) is 54.9. The lowest BCUT2D eigenvalue weighted by molar-refractivity contribution is 0.282. The van der Waals surface area contributed by atoms with Crippen molar-refractivity contribution < 1.29 is 10.2 Å². The molecule has 0 spiro atoms. The Balaban J connectivity index is 1.11. The predicted octanol–water partition coefficient (Wildman–Crippen LogP) is 17.4. The van der Waals surface area contributed by atoms with E-state index in [2.05, 4.69) is 89.7 Å². The number of benzene rings is 4. The van der Waals surface area contributed by atoms with Crippen molar-refractivity contribution in [1.82, 2.24) is 39.9 Å². The molecule has 4 aromatic carbocycles. The van der Waals surface area contributed by atoms with E-state index in [9.17, 15) is 10.2 Å². The van der Waals surface area contributed by atoms with Crippen LogP contribution in [0, 0.1) is 0 Å². The third-order valence-electron chi connectivity index (χ3n) is 16.1. The molecule has 0 saturated carbocycles. The molecule has 0 radical (unpaired) electrons. The summed E-state index contributed by atoms with van der Waals surface area (Å²) >= 11 is 0. The molecule has 0 atom stereocenters. The monoisotopic (exact) mass is 1020 g/mol. The maximum Gasteiger partial charge on any atom is 0.165 e. The van der Waals surface area contributed by atoms with Crippen LogP contribution in [0.25, 0.3) is 89.7 Å². The third-order valence-corrected chi connectivity index (χ3v) is 16.1. The summed E-state index contributed by atoms with van der Waals surface area (Å²) in [5.41, 5.74) is 10.8. The van der Waals surface area contributed by atoms with Crippen LogP contribution in [0.1, 0.15) is 203 Å². The fraction of sp³-hybridized carbons (Fsp3) is 0.515. The number of unbranched alkanes of at least 4 members (excludes halogenated alkanes) is 25. The van der Waals surface area contributed by atoms with Gasteiger partial charge in [0.25, 0.3) is 0 Å². The van der Waals surface area contributed by atoms with Crippen molar-refractivity contribution in [3.05, 3.63) is 95.6 Å². The van der Waals surface area contributed by atoms with Crippen molar-refractivity contribution >= 4 is 44.1 Å².